The number of hydrogen-bond donors (Lipinski definition) is 0. The maximum absolute atomic E-state index is 11.1. The molecule has 0 N–H and O–H groups in total. The molecule has 0 spiro atoms. The largest absolute Gasteiger partial charge is 0.298 e. The van der Waals surface area contributed by atoms with E-state index in [1.165, 1.54) is 0 Å². The summed E-state index contributed by atoms with van der Waals surface area (Å²) in [5.41, 5.74) is 3.64. The minimum Gasteiger partial charge on any atom is -0.298 e. The van der Waals surface area contributed by atoms with Crippen molar-refractivity contribution in [3.8, 4) is 5.69 Å². The number of benzene rings is 1. The standard InChI is InChI=1S/C14H15BrN2O/c1-3-12-8-13(4-2)17(16-12)14-7-11(15)6-5-10(14)9-18/h5-9H,3-4H2,1-2H3. The SMILES string of the molecule is CCc1cc(CC)n(-c2cc(Br)ccc2C=O)n1. The molecule has 4 heteroatoms. The van der Waals surface area contributed by atoms with Gasteiger partial charge in [-0.15, -0.1) is 0 Å². The number of aryl methyl sites for hydroxylation is 2. The third kappa shape index (κ3) is 2.38. The molecule has 0 bridgehead atoms. The number of nitrogens with zero attached hydrogens (tertiary/aromatic N) is 2. The fraction of sp³-hybridized carbons (Fsp3) is 0.286. The number of carbonyl (C=O) groups excluding carboxylic acids is 1. The summed E-state index contributed by atoms with van der Waals surface area (Å²) in [5, 5.41) is 4.56. The summed E-state index contributed by atoms with van der Waals surface area (Å²) >= 11 is 3.44. The average molecular weight is 307 g/mol. The maximum Gasteiger partial charge on any atom is 0.152 e. The Balaban J connectivity index is 2.63. The fourth-order valence-corrected chi connectivity index (χ4v) is 2.26. The molecule has 0 saturated carbocycles. The second-order valence-corrected chi connectivity index (χ2v) is 4.98. The molecule has 0 aliphatic rings. The predicted octanol–water partition coefficient (Wildman–Crippen LogP) is 3.57. The van der Waals surface area contributed by atoms with Crippen LogP contribution in [-0.4, -0.2) is 16.1 Å². The van der Waals surface area contributed by atoms with Crippen LogP contribution in [-0.2, 0) is 12.8 Å². The zero-order chi connectivity index (χ0) is 13.1. The van der Waals surface area contributed by atoms with E-state index in [0.717, 1.165) is 40.7 Å². The van der Waals surface area contributed by atoms with Crippen molar-refractivity contribution in [3.05, 3.63) is 45.7 Å². The van der Waals surface area contributed by atoms with E-state index < -0.39 is 0 Å². The van der Waals surface area contributed by atoms with Crippen molar-refractivity contribution in [2.45, 2.75) is 26.7 Å². The lowest BCUT2D eigenvalue weighted by Gasteiger charge is -2.09. The molecule has 2 aromatic rings. The molecule has 2 rings (SSSR count). The molecule has 94 valence electrons. The van der Waals surface area contributed by atoms with Crippen LogP contribution < -0.4 is 0 Å². The van der Waals surface area contributed by atoms with Crippen LogP contribution in [0.3, 0.4) is 0 Å². The second kappa shape index (κ2) is 5.48. The molecule has 1 aromatic carbocycles. The number of hydrogen-bond acceptors (Lipinski definition) is 2. The number of carbonyl (C=O) groups is 1. The van der Waals surface area contributed by atoms with E-state index in [1.54, 1.807) is 6.07 Å². The highest BCUT2D eigenvalue weighted by Crippen LogP contribution is 2.21. The van der Waals surface area contributed by atoms with E-state index in [-0.39, 0.29) is 0 Å². The van der Waals surface area contributed by atoms with Crippen molar-refractivity contribution in [3.63, 3.8) is 0 Å². The van der Waals surface area contributed by atoms with Crippen LogP contribution >= 0.6 is 15.9 Å². The molecule has 18 heavy (non-hydrogen) atoms. The lowest BCUT2D eigenvalue weighted by Crippen LogP contribution is -2.05. The van der Waals surface area contributed by atoms with Crippen LogP contribution in [0, 0.1) is 0 Å². The van der Waals surface area contributed by atoms with Gasteiger partial charge >= 0.3 is 0 Å². The summed E-state index contributed by atoms with van der Waals surface area (Å²) in [6.45, 7) is 4.17. The number of aldehydes is 1. The van der Waals surface area contributed by atoms with E-state index >= 15 is 0 Å². The fourth-order valence-electron chi connectivity index (χ4n) is 1.91. The second-order valence-electron chi connectivity index (χ2n) is 4.07. The highest BCUT2D eigenvalue weighted by molar-refractivity contribution is 9.10. The molecular formula is C14H15BrN2O. The normalized spacial score (nSPS) is 10.6. The van der Waals surface area contributed by atoms with Crippen LogP contribution in [0.1, 0.15) is 35.6 Å². The van der Waals surface area contributed by atoms with Gasteiger partial charge in [-0.1, -0.05) is 29.8 Å². The topological polar surface area (TPSA) is 34.9 Å². The van der Waals surface area contributed by atoms with Gasteiger partial charge in [-0.3, -0.25) is 4.79 Å². The van der Waals surface area contributed by atoms with Crippen LogP contribution in [0.4, 0.5) is 0 Å². The van der Waals surface area contributed by atoms with Gasteiger partial charge in [-0.2, -0.15) is 5.10 Å². The van der Waals surface area contributed by atoms with Gasteiger partial charge in [-0.05, 0) is 37.1 Å². The highest BCUT2D eigenvalue weighted by Gasteiger charge is 2.11. The van der Waals surface area contributed by atoms with Gasteiger partial charge in [-0.25, -0.2) is 4.68 Å². The van der Waals surface area contributed by atoms with Crippen molar-refractivity contribution in [2.24, 2.45) is 0 Å². The molecule has 0 aliphatic heterocycles. The Kier molecular flexibility index (Phi) is 3.97. The predicted molar refractivity (Wildman–Crippen MR) is 75.4 cm³/mol. The summed E-state index contributed by atoms with van der Waals surface area (Å²) in [5.74, 6) is 0. The van der Waals surface area contributed by atoms with Crippen molar-refractivity contribution in [1.29, 1.82) is 0 Å². The van der Waals surface area contributed by atoms with Gasteiger partial charge < -0.3 is 0 Å². The van der Waals surface area contributed by atoms with Crippen LogP contribution in [0.15, 0.2) is 28.7 Å². The number of aromatic nitrogens is 2. The minimum atomic E-state index is 0.652. The maximum atomic E-state index is 11.1. The summed E-state index contributed by atoms with van der Waals surface area (Å²) in [6.07, 6.45) is 2.65. The van der Waals surface area contributed by atoms with Crippen LogP contribution in [0.25, 0.3) is 5.69 Å². The van der Waals surface area contributed by atoms with Crippen molar-refractivity contribution >= 4 is 22.2 Å². The third-order valence-electron chi connectivity index (χ3n) is 2.91. The first-order chi connectivity index (χ1) is 8.69. The minimum absolute atomic E-state index is 0.652. The first kappa shape index (κ1) is 13.0. The molecule has 0 fully saturated rings. The first-order valence-corrected chi connectivity index (χ1v) is 6.81. The molecule has 0 radical (unpaired) electrons. The zero-order valence-corrected chi connectivity index (χ0v) is 12.1. The summed E-state index contributed by atoms with van der Waals surface area (Å²) in [6, 6.07) is 7.69. The monoisotopic (exact) mass is 306 g/mol. The molecule has 1 aromatic heterocycles. The van der Waals surface area contributed by atoms with Gasteiger partial charge in [0.25, 0.3) is 0 Å². The van der Waals surface area contributed by atoms with E-state index in [9.17, 15) is 4.79 Å². The highest BCUT2D eigenvalue weighted by atomic mass is 79.9. The van der Waals surface area contributed by atoms with Crippen molar-refractivity contribution in [1.82, 2.24) is 9.78 Å². The van der Waals surface area contributed by atoms with E-state index in [4.69, 9.17) is 0 Å². The van der Waals surface area contributed by atoms with E-state index in [1.807, 2.05) is 16.8 Å². The average Bonchev–Trinajstić information content (AvgIpc) is 2.81. The lowest BCUT2D eigenvalue weighted by molar-refractivity contribution is 0.112. The third-order valence-corrected chi connectivity index (χ3v) is 3.40. The van der Waals surface area contributed by atoms with E-state index in [2.05, 4.69) is 40.9 Å². The Bertz CT molecular complexity index is 575. The zero-order valence-electron chi connectivity index (χ0n) is 10.5. The number of halogens is 1. The Morgan fingerprint density at radius 1 is 1.28 bits per heavy atom. The quantitative estimate of drug-likeness (QED) is 0.809. The van der Waals surface area contributed by atoms with Crippen molar-refractivity contribution < 1.29 is 4.79 Å². The molecule has 0 saturated heterocycles. The Morgan fingerprint density at radius 2 is 2.06 bits per heavy atom. The molecule has 0 aliphatic carbocycles. The number of rotatable bonds is 4. The van der Waals surface area contributed by atoms with E-state index in [0.29, 0.717) is 5.56 Å². The van der Waals surface area contributed by atoms with Gasteiger partial charge in [0.1, 0.15) is 0 Å². The molecule has 1 heterocycles. The molecule has 0 atom stereocenters. The summed E-state index contributed by atoms with van der Waals surface area (Å²) in [4.78, 5) is 11.1. The smallest absolute Gasteiger partial charge is 0.152 e. The van der Waals surface area contributed by atoms with Gasteiger partial charge in [0.05, 0.1) is 11.4 Å². The lowest BCUT2D eigenvalue weighted by atomic mass is 10.2. The van der Waals surface area contributed by atoms with Crippen LogP contribution in [0.5, 0.6) is 0 Å². The van der Waals surface area contributed by atoms with Crippen LogP contribution in [0.2, 0.25) is 0 Å². The van der Waals surface area contributed by atoms with Gasteiger partial charge in [0.2, 0.25) is 0 Å². The molecule has 0 amide bonds. The molecular weight excluding hydrogens is 292 g/mol. The van der Waals surface area contributed by atoms with Crippen molar-refractivity contribution in [2.75, 3.05) is 0 Å². The van der Waals surface area contributed by atoms with Gasteiger partial charge in [0.15, 0.2) is 6.29 Å². The summed E-state index contributed by atoms with van der Waals surface area (Å²) in [7, 11) is 0. The first-order valence-electron chi connectivity index (χ1n) is 6.02. The van der Waals surface area contributed by atoms with Gasteiger partial charge in [0, 0.05) is 15.7 Å². The Hall–Kier alpha value is -1.42. The molecule has 3 nitrogen and oxygen atoms in total. The molecule has 0 unspecified atom stereocenters. The Labute approximate surface area is 115 Å². The summed E-state index contributed by atoms with van der Waals surface area (Å²) < 4.78 is 2.81. The Morgan fingerprint density at radius 3 is 2.67 bits per heavy atom.